The summed E-state index contributed by atoms with van der Waals surface area (Å²) in [4.78, 5) is 12.6. The maximum absolute atomic E-state index is 12.6. The number of aryl methyl sites for hydroxylation is 1. The molecule has 0 saturated heterocycles. The van der Waals surface area contributed by atoms with E-state index in [9.17, 15) is 18.0 Å². The van der Waals surface area contributed by atoms with Gasteiger partial charge in [-0.05, 0) is 42.1 Å². The summed E-state index contributed by atoms with van der Waals surface area (Å²) in [7, 11) is 0. The SMILES string of the molecule is Cc1ccsc1/C=N\NC(=O)c1cccc(C(F)(F)F)c1. The highest BCUT2D eigenvalue weighted by molar-refractivity contribution is 7.11. The summed E-state index contributed by atoms with van der Waals surface area (Å²) in [5, 5.41) is 5.63. The minimum absolute atomic E-state index is 0.0927. The Balaban J connectivity index is 2.07. The lowest BCUT2D eigenvalue weighted by Crippen LogP contribution is -2.18. The van der Waals surface area contributed by atoms with E-state index in [2.05, 4.69) is 10.5 Å². The number of carbonyl (C=O) groups is 1. The molecule has 2 rings (SSSR count). The molecule has 0 radical (unpaired) electrons. The number of nitrogens with one attached hydrogen (secondary N) is 1. The van der Waals surface area contributed by atoms with Gasteiger partial charge in [0.05, 0.1) is 11.8 Å². The van der Waals surface area contributed by atoms with Gasteiger partial charge in [-0.15, -0.1) is 11.3 Å². The van der Waals surface area contributed by atoms with Crippen molar-refractivity contribution in [3.63, 3.8) is 0 Å². The first-order chi connectivity index (χ1) is 9.88. The highest BCUT2D eigenvalue weighted by atomic mass is 32.1. The predicted molar refractivity (Wildman–Crippen MR) is 75.6 cm³/mol. The minimum Gasteiger partial charge on any atom is -0.267 e. The van der Waals surface area contributed by atoms with Gasteiger partial charge in [0.1, 0.15) is 0 Å². The number of rotatable bonds is 3. The van der Waals surface area contributed by atoms with Crippen LogP contribution in [-0.2, 0) is 6.18 Å². The Morgan fingerprint density at radius 2 is 2.10 bits per heavy atom. The van der Waals surface area contributed by atoms with Crippen LogP contribution in [0.25, 0.3) is 0 Å². The van der Waals surface area contributed by atoms with Gasteiger partial charge in [-0.2, -0.15) is 18.3 Å². The monoisotopic (exact) mass is 312 g/mol. The Hall–Kier alpha value is -2.15. The molecule has 1 aromatic carbocycles. The molecule has 0 aliphatic rings. The van der Waals surface area contributed by atoms with Crippen LogP contribution in [0.15, 0.2) is 40.8 Å². The van der Waals surface area contributed by atoms with Crippen LogP contribution in [0.2, 0.25) is 0 Å². The average molecular weight is 312 g/mol. The maximum Gasteiger partial charge on any atom is 0.416 e. The second kappa shape index (κ2) is 6.09. The van der Waals surface area contributed by atoms with Crippen molar-refractivity contribution in [3.05, 3.63) is 57.3 Å². The molecule has 0 bridgehead atoms. The molecule has 1 amide bonds. The van der Waals surface area contributed by atoms with Crippen LogP contribution in [0.5, 0.6) is 0 Å². The van der Waals surface area contributed by atoms with Crippen LogP contribution in [-0.4, -0.2) is 12.1 Å². The van der Waals surface area contributed by atoms with Gasteiger partial charge in [-0.3, -0.25) is 4.79 Å². The molecule has 0 aliphatic heterocycles. The molecular formula is C14H11F3N2OS. The molecule has 0 atom stereocenters. The zero-order valence-electron chi connectivity index (χ0n) is 10.9. The van der Waals surface area contributed by atoms with Crippen molar-refractivity contribution in [2.45, 2.75) is 13.1 Å². The molecule has 0 aliphatic carbocycles. The molecule has 1 N–H and O–H groups in total. The molecule has 0 fully saturated rings. The van der Waals surface area contributed by atoms with Crippen molar-refractivity contribution in [2.75, 3.05) is 0 Å². The predicted octanol–water partition coefficient (Wildman–Crippen LogP) is 3.84. The van der Waals surface area contributed by atoms with Crippen molar-refractivity contribution in [3.8, 4) is 0 Å². The van der Waals surface area contributed by atoms with Crippen LogP contribution in [0.1, 0.15) is 26.4 Å². The van der Waals surface area contributed by atoms with Gasteiger partial charge < -0.3 is 0 Å². The molecule has 2 aromatic rings. The van der Waals surface area contributed by atoms with Crippen LogP contribution >= 0.6 is 11.3 Å². The average Bonchev–Trinajstić information content (AvgIpc) is 2.83. The maximum atomic E-state index is 12.6. The smallest absolute Gasteiger partial charge is 0.267 e. The number of thiophene rings is 1. The number of carbonyl (C=O) groups excluding carboxylic acids is 1. The second-order valence-corrected chi connectivity index (χ2v) is 5.19. The van der Waals surface area contributed by atoms with E-state index in [1.54, 1.807) is 0 Å². The Kier molecular flexibility index (Phi) is 4.42. The lowest BCUT2D eigenvalue weighted by Gasteiger charge is -2.07. The van der Waals surface area contributed by atoms with Crippen LogP contribution < -0.4 is 5.43 Å². The van der Waals surface area contributed by atoms with Gasteiger partial charge in [0.2, 0.25) is 0 Å². The molecule has 1 heterocycles. The van der Waals surface area contributed by atoms with E-state index in [1.807, 2.05) is 18.4 Å². The summed E-state index contributed by atoms with van der Waals surface area (Å²) in [6, 6.07) is 6.10. The standard InChI is InChI=1S/C14H11F3N2OS/c1-9-5-6-21-12(9)8-18-19-13(20)10-3-2-4-11(7-10)14(15,16)17/h2-8H,1H3,(H,19,20)/b18-8-. The molecule has 7 heteroatoms. The van der Waals surface area contributed by atoms with E-state index in [0.29, 0.717) is 0 Å². The van der Waals surface area contributed by atoms with E-state index in [-0.39, 0.29) is 5.56 Å². The third-order valence-electron chi connectivity index (χ3n) is 2.70. The van der Waals surface area contributed by atoms with Gasteiger partial charge in [-0.25, -0.2) is 5.43 Å². The van der Waals surface area contributed by atoms with E-state index in [4.69, 9.17) is 0 Å². The summed E-state index contributed by atoms with van der Waals surface area (Å²) < 4.78 is 37.7. The Bertz CT molecular complexity index is 677. The van der Waals surface area contributed by atoms with Crippen molar-refractivity contribution in [1.82, 2.24) is 5.43 Å². The highest BCUT2D eigenvalue weighted by Crippen LogP contribution is 2.29. The van der Waals surface area contributed by atoms with Gasteiger partial charge in [0, 0.05) is 10.4 Å². The van der Waals surface area contributed by atoms with Gasteiger partial charge in [0.15, 0.2) is 0 Å². The summed E-state index contributed by atoms with van der Waals surface area (Å²) in [6.07, 6.45) is -3.01. The molecule has 21 heavy (non-hydrogen) atoms. The molecule has 110 valence electrons. The highest BCUT2D eigenvalue weighted by Gasteiger charge is 2.30. The molecular weight excluding hydrogens is 301 g/mol. The number of hydrogen-bond acceptors (Lipinski definition) is 3. The fourth-order valence-corrected chi connectivity index (χ4v) is 2.35. The summed E-state index contributed by atoms with van der Waals surface area (Å²) in [5.74, 6) is -0.688. The second-order valence-electron chi connectivity index (χ2n) is 4.25. The zero-order valence-corrected chi connectivity index (χ0v) is 11.8. The topological polar surface area (TPSA) is 41.5 Å². The van der Waals surface area contributed by atoms with E-state index in [1.165, 1.54) is 29.7 Å². The van der Waals surface area contributed by atoms with Crippen molar-refractivity contribution < 1.29 is 18.0 Å². The fraction of sp³-hybridized carbons (Fsp3) is 0.143. The lowest BCUT2D eigenvalue weighted by atomic mass is 10.1. The first-order valence-corrected chi connectivity index (χ1v) is 6.80. The number of hydrogen-bond donors (Lipinski definition) is 1. The first kappa shape index (κ1) is 15.2. The number of alkyl halides is 3. The quantitative estimate of drug-likeness (QED) is 0.679. The molecule has 0 spiro atoms. The Morgan fingerprint density at radius 1 is 1.33 bits per heavy atom. The molecule has 1 aromatic heterocycles. The minimum atomic E-state index is -4.48. The summed E-state index contributed by atoms with van der Waals surface area (Å²) in [5.41, 5.74) is 2.26. The third kappa shape index (κ3) is 3.91. The summed E-state index contributed by atoms with van der Waals surface area (Å²) in [6.45, 7) is 1.90. The largest absolute Gasteiger partial charge is 0.416 e. The van der Waals surface area contributed by atoms with Crippen LogP contribution in [0.4, 0.5) is 13.2 Å². The third-order valence-corrected chi connectivity index (χ3v) is 3.66. The van der Waals surface area contributed by atoms with E-state index < -0.39 is 17.6 Å². The molecule has 0 unspecified atom stereocenters. The normalized spacial score (nSPS) is 11.8. The Morgan fingerprint density at radius 3 is 2.71 bits per heavy atom. The lowest BCUT2D eigenvalue weighted by molar-refractivity contribution is -0.137. The number of hydrazone groups is 1. The van der Waals surface area contributed by atoms with Crippen LogP contribution in [0.3, 0.4) is 0 Å². The van der Waals surface area contributed by atoms with Gasteiger partial charge in [-0.1, -0.05) is 6.07 Å². The van der Waals surface area contributed by atoms with Crippen molar-refractivity contribution >= 4 is 23.5 Å². The van der Waals surface area contributed by atoms with Crippen molar-refractivity contribution in [1.29, 1.82) is 0 Å². The number of benzene rings is 1. The Labute approximate surface area is 123 Å². The first-order valence-electron chi connectivity index (χ1n) is 5.92. The molecule has 0 saturated carbocycles. The number of halogens is 3. The van der Waals surface area contributed by atoms with Gasteiger partial charge in [0.25, 0.3) is 5.91 Å². The molecule has 3 nitrogen and oxygen atoms in total. The van der Waals surface area contributed by atoms with Crippen LogP contribution in [0, 0.1) is 6.92 Å². The fourth-order valence-electron chi connectivity index (χ4n) is 1.57. The number of amides is 1. The number of nitrogens with zero attached hydrogens (tertiary/aromatic N) is 1. The van der Waals surface area contributed by atoms with E-state index >= 15 is 0 Å². The zero-order chi connectivity index (χ0) is 15.5. The van der Waals surface area contributed by atoms with E-state index in [0.717, 1.165) is 22.6 Å². The van der Waals surface area contributed by atoms with Crippen molar-refractivity contribution in [2.24, 2.45) is 5.10 Å². The van der Waals surface area contributed by atoms with Gasteiger partial charge >= 0.3 is 6.18 Å². The summed E-state index contributed by atoms with van der Waals surface area (Å²) >= 11 is 1.45.